The molecule has 1 N–H and O–H groups in total. The van der Waals surface area contributed by atoms with Crippen molar-refractivity contribution in [1.29, 1.82) is 0 Å². The third-order valence-electron chi connectivity index (χ3n) is 3.71. The van der Waals surface area contributed by atoms with Gasteiger partial charge in [-0.3, -0.25) is 4.79 Å². The van der Waals surface area contributed by atoms with Crippen molar-refractivity contribution in [2.24, 2.45) is 0 Å². The van der Waals surface area contributed by atoms with Crippen LogP contribution in [0, 0.1) is 0 Å². The van der Waals surface area contributed by atoms with E-state index in [2.05, 4.69) is 5.32 Å². The monoisotopic (exact) mass is 401 g/mol. The van der Waals surface area contributed by atoms with Crippen molar-refractivity contribution in [3.05, 3.63) is 99.0 Å². The summed E-state index contributed by atoms with van der Waals surface area (Å²) in [6.07, 6.45) is 1.77. The van der Waals surface area contributed by atoms with Gasteiger partial charge in [0.2, 0.25) is 0 Å². The highest BCUT2D eigenvalue weighted by molar-refractivity contribution is 6.42. The van der Waals surface area contributed by atoms with E-state index >= 15 is 0 Å². The zero-order valence-corrected chi connectivity index (χ0v) is 15.8. The summed E-state index contributed by atoms with van der Waals surface area (Å²) in [4.78, 5) is 12.9. The molecule has 0 spiro atoms. The van der Waals surface area contributed by atoms with Crippen LogP contribution in [0.1, 0.15) is 11.1 Å². The van der Waals surface area contributed by atoms with Gasteiger partial charge in [0.05, 0.1) is 10.0 Å². The molecule has 1 amide bonds. The van der Waals surface area contributed by atoms with Gasteiger partial charge in [0.1, 0.15) is 0 Å². The van der Waals surface area contributed by atoms with Gasteiger partial charge in [0.25, 0.3) is 5.91 Å². The van der Waals surface area contributed by atoms with Crippen molar-refractivity contribution in [3.63, 3.8) is 0 Å². The minimum Gasteiger partial charge on any atom is -0.322 e. The second-order valence-corrected chi connectivity index (χ2v) is 6.75. The van der Waals surface area contributed by atoms with Crippen molar-refractivity contribution >= 4 is 58.0 Å². The SMILES string of the molecule is O=C(Nc1ccc(Cl)c(Cl)c1)/C(=C/c1ccccc1Cl)c1ccccc1. The topological polar surface area (TPSA) is 29.1 Å². The lowest BCUT2D eigenvalue weighted by Crippen LogP contribution is -2.13. The smallest absolute Gasteiger partial charge is 0.256 e. The Morgan fingerprint density at radius 2 is 1.46 bits per heavy atom. The molecule has 0 unspecified atom stereocenters. The Morgan fingerprint density at radius 3 is 2.15 bits per heavy atom. The van der Waals surface area contributed by atoms with Crippen molar-refractivity contribution in [2.75, 3.05) is 5.32 Å². The Bertz CT molecular complexity index is 968. The molecule has 130 valence electrons. The third-order valence-corrected chi connectivity index (χ3v) is 4.80. The maximum absolute atomic E-state index is 12.9. The van der Waals surface area contributed by atoms with E-state index in [9.17, 15) is 4.79 Å². The molecule has 0 aromatic heterocycles. The molecule has 2 nitrogen and oxygen atoms in total. The summed E-state index contributed by atoms with van der Waals surface area (Å²) in [6.45, 7) is 0. The summed E-state index contributed by atoms with van der Waals surface area (Å²) in [5.41, 5.74) is 2.59. The summed E-state index contributed by atoms with van der Waals surface area (Å²) in [7, 11) is 0. The van der Waals surface area contributed by atoms with Crippen molar-refractivity contribution in [2.45, 2.75) is 0 Å². The average molecular weight is 403 g/mol. The van der Waals surface area contributed by atoms with E-state index in [4.69, 9.17) is 34.8 Å². The van der Waals surface area contributed by atoms with Gasteiger partial charge in [0, 0.05) is 16.3 Å². The van der Waals surface area contributed by atoms with Crippen LogP contribution >= 0.6 is 34.8 Å². The molecule has 3 aromatic rings. The highest BCUT2D eigenvalue weighted by Crippen LogP contribution is 2.27. The molecule has 0 saturated heterocycles. The summed E-state index contributed by atoms with van der Waals surface area (Å²) >= 11 is 18.2. The fraction of sp³-hybridized carbons (Fsp3) is 0. The average Bonchev–Trinajstić information content (AvgIpc) is 2.64. The van der Waals surface area contributed by atoms with Gasteiger partial charge in [-0.1, -0.05) is 83.3 Å². The number of amides is 1. The van der Waals surface area contributed by atoms with Crippen LogP contribution in [-0.4, -0.2) is 5.91 Å². The molecular formula is C21H14Cl3NO. The number of nitrogens with one attached hydrogen (secondary N) is 1. The van der Waals surface area contributed by atoms with Crippen molar-refractivity contribution in [1.82, 2.24) is 0 Å². The van der Waals surface area contributed by atoms with Crippen LogP contribution in [0.2, 0.25) is 15.1 Å². The minimum absolute atomic E-state index is 0.269. The molecule has 0 fully saturated rings. The number of rotatable bonds is 4. The summed E-state index contributed by atoms with van der Waals surface area (Å²) < 4.78 is 0. The maximum atomic E-state index is 12.9. The van der Waals surface area contributed by atoms with Crippen LogP contribution < -0.4 is 5.32 Å². The number of carbonyl (C=O) groups is 1. The summed E-state index contributed by atoms with van der Waals surface area (Å²) in [5, 5.41) is 4.23. The number of hydrogen-bond donors (Lipinski definition) is 1. The zero-order chi connectivity index (χ0) is 18.5. The molecular weight excluding hydrogens is 389 g/mol. The van der Waals surface area contributed by atoms with E-state index in [1.165, 1.54) is 0 Å². The van der Waals surface area contributed by atoms with E-state index in [1.54, 1.807) is 30.3 Å². The van der Waals surface area contributed by atoms with Crippen LogP contribution in [-0.2, 0) is 4.79 Å². The second kappa shape index (κ2) is 8.41. The number of anilines is 1. The van der Waals surface area contributed by atoms with Gasteiger partial charge >= 0.3 is 0 Å². The van der Waals surface area contributed by atoms with E-state index in [-0.39, 0.29) is 5.91 Å². The minimum atomic E-state index is -0.269. The third kappa shape index (κ3) is 4.47. The van der Waals surface area contributed by atoms with E-state index in [1.807, 2.05) is 48.5 Å². The van der Waals surface area contributed by atoms with Crippen molar-refractivity contribution < 1.29 is 4.79 Å². The first-order valence-corrected chi connectivity index (χ1v) is 8.96. The molecule has 0 saturated carbocycles. The van der Waals surface area contributed by atoms with Gasteiger partial charge in [0.15, 0.2) is 0 Å². The van der Waals surface area contributed by atoms with Gasteiger partial charge in [-0.2, -0.15) is 0 Å². The van der Waals surface area contributed by atoms with Gasteiger partial charge < -0.3 is 5.32 Å². The van der Waals surface area contributed by atoms with Crippen LogP contribution in [0.5, 0.6) is 0 Å². The number of hydrogen-bond acceptors (Lipinski definition) is 1. The van der Waals surface area contributed by atoms with Crippen molar-refractivity contribution in [3.8, 4) is 0 Å². The van der Waals surface area contributed by atoms with Gasteiger partial charge in [-0.05, 0) is 41.5 Å². The van der Waals surface area contributed by atoms with Crippen LogP contribution in [0.3, 0.4) is 0 Å². The van der Waals surface area contributed by atoms with E-state index in [0.29, 0.717) is 26.3 Å². The fourth-order valence-corrected chi connectivity index (χ4v) is 2.91. The normalized spacial score (nSPS) is 11.3. The lowest BCUT2D eigenvalue weighted by molar-refractivity contribution is -0.111. The van der Waals surface area contributed by atoms with E-state index < -0.39 is 0 Å². The molecule has 0 atom stereocenters. The standard InChI is InChI=1S/C21H14Cl3NO/c22-18-9-5-4-8-15(18)12-17(14-6-2-1-3-7-14)21(26)25-16-10-11-19(23)20(24)13-16/h1-13H,(H,25,26)/b17-12+. The Kier molecular flexibility index (Phi) is 6.00. The number of carbonyl (C=O) groups excluding carboxylic acids is 1. The molecule has 3 rings (SSSR count). The number of halogens is 3. The highest BCUT2D eigenvalue weighted by atomic mass is 35.5. The summed E-state index contributed by atoms with van der Waals surface area (Å²) in [5.74, 6) is -0.269. The molecule has 0 aliphatic heterocycles. The Labute approximate surface area is 167 Å². The lowest BCUT2D eigenvalue weighted by atomic mass is 10.0. The first-order valence-electron chi connectivity index (χ1n) is 7.82. The maximum Gasteiger partial charge on any atom is 0.256 e. The summed E-state index contributed by atoms with van der Waals surface area (Å²) in [6, 6.07) is 21.7. The quantitative estimate of drug-likeness (QED) is 0.376. The van der Waals surface area contributed by atoms with Crippen LogP contribution in [0.15, 0.2) is 72.8 Å². The molecule has 3 aromatic carbocycles. The Balaban J connectivity index is 1.99. The molecule has 0 radical (unpaired) electrons. The molecule has 5 heteroatoms. The number of benzene rings is 3. The zero-order valence-electron chi connectivity index (χ0n) is 13.5. The second-order valence-electron chi connectivity index (χ2n) is 5.53. The lowest BCUT2D eigenvalue weighted by Gasteiger charge is -2.11. The van der Waals surface area contributed by atoms with Gasteiger partial charge in [-0.15, -0.1) is 0 Å². The molecule has 0 aliphatic carbocycles. The first kappa shape index (κ1) is 18.5. The highest BCUT2D eigenvalue weighted by Gasteiger charge is 2.14. The predicted octanol–water partition coefficient (Wildman–Crippen LogP) is 6.83. The van der Waals surface area contributed by atoms with E-state index in [0.717, 1.165) is 11.1 Å². The Hall–Kier alpha value is -2.26. The first-order chi connectivity index (χ1) is 12.5. The molecule has 0 aliphatic rings. The fourth-order valence-electron chi connectivity index (χ4n) is 2.42. The van der Waals surface area contributed by atoms with Crippen LogP contribution in [0.25, 0.3) is 11.6 Å². The van der Waals surface area contributed by atoms with Gasteiger partial charge in [-0.25, -0.2) is 0 Å². The Morgan fingerprint density at radius 1 is 0.769 bits per heavy atom. The molecule has 26 heavy (non-hydrogen) atoms. The predicted molar refractivity (Wildman–Crippen MR) is 111 cm³/mol. The molecule has 0 bridgehead atoms. The molecule has 0 heterocycles. The van der Waals surface area contributed by atoms with Crippen LogP contribution in [0.4, 0.5) is 5.69 Å². The largest absolute Gasteiger partial charge is 0.322 e.